The number of hydrogen-bond donors (Lipinski definition) is 1. The van der Waals surface area contributed by atoms with Gasteiger partial charge in [0.05, 0.1) is 6.04 Å². The summed E-state index contributed by atoms with van der Waals surface area (Å²) in [6, 6.07) is -0.341. The molecule has 3 heteroatoms. The summed E-state index contributed by atoms with van der Waals surface area (Å²) in [6.07, 6.45) is 7.17. The van der Waals surface area contributed by atoms with Crippen molar-refractivity contribution in [3.05, 3.63) is 0 Å². The quantitative estimate of drug-likeness (QED) is 0.648. The molecular weight excluding hydrogens is 166 g/mol. The van der Waals surface area contributed by atoms with Crippen LogP contribution in [0.25, 0.3) is 0 Å². The molecule has 13 heavy (non-hydrogen) atoms. The zero-order chi connectivity index (χ0) is 9.26. The molecular formula is C10H14NO2. The van der Waals surface area contributed by atoms with E-state index >= 15 is 0 Å². The summed E-state index contributed by atoms with van der Waals surface area (Å²) >= 11 is 0. The summed E-state index contributed by atoms with van der Waals surface area (Å²) in [7, 11) is 0. The van der Waals surface area contributed by atoms with Gasteiger partial charge in [0.15, 0.2) is 0 Å². The average molecular weight is 180 g/mol. The zero-order valence-electron chi connectivity index (χ0n) is 7.58. The Morgan fingerprint density at radius 3 is 2.85 bits per heavy atom. The van der Waals surface area contributed by atoms with Crippen molar-refractivity contribution < 1.29 is 9.59 Å². The van der Waals surface area contributed by atoms with E-state index in [2.05, 4.69) is 5.32 Å². The van der Waals surface area contributed by atoms with Crippen molar-refractivity contribution in [3.63, 3.8) is 0 Å². The lowest BCUT2D eigenvalue weighted by Gasteiger charge is -2.36. The molecule has 2 rings (SSSR count). The van der Waals surface area contributed by atoms with E-state index in [0.29, 0.717) is 5.92 Å². The lowest BCUT2D eigenvalue weighted by atomic mass is 9.73. The highest BCUT2D eigenvalue weighted by Crippen LogP contribution is 2.35. The molecule has 71 valence electrons. The molecule has 0 aromatic heterocycles. The summed E-state index contributed by atoms with van der Waals surface area (Å²) < 4.78 is 0. The van der Waals surface area contributed by atoms with Gasteiger partial charge in [-0.25, -0.2) is 0 Å². The summed E-state index contributed by atoms with van der Waals surface area (Å²) in [4.78, 5) is 21.9. The van der Waals surface area contributed by atoms with Gasteiger partial charge in [0.1, 0.15) is 0 Å². The first kappa shape index (κ1) is 8.73. The first-order chi connectivity index (χ1) is 6.31. The second-order valence-corrected chi connectivity index (χ2v) is 4.07. The van der Waals surface area contributed by atoms with Crippen molar-refractivity contribution in [1.29, 1.82) is 0 Å². The molecule has 0 spiro atoms. The van der Waals surface area contributed by atoms with Gasteiger partial charge in [0.2, 0.25) is 12.2 Å². The molecule has 2 aliphatic rings. The Morgan fingerprint density at radius 2 is 2.08 bits per heavy atom. The minimum absolute atomic E-state index is 0.0734. The van der Waals surface area contributed by atoms with Crippen molar-refractivity contribution in [2.24, 2.45) is 11.8 Å². The van der Waals surface area contributed by atoms with Crippen molar-refractivity contribution in [3.8, 4) is 0 Å². The SMILES string of the molecule is O=[C]C1CC2CCCCC2C(=O)N1. The monoisotopic (exact) mass is 180 g/mol. The van der Waals surface area contributed by atoms with Crippen LogP contribution in [0.5, 0.6) is 0 Å². The van der Waals surface area contributed by atoms with Crippen LogP contribution in [0.3, 0.4) is 0 Å². The normalized spacial score (nSPS) is 39.1. The third kappa shape index (κ3) is 1.60. The Morgan fingerprint density at radius 1 is 1.31 bits per heavy atom. The molecule has 3 unspecified atom stereocenters. The lowest BCUT2D eigenvalue weighted by molar-refractivity contribution is -0.130. The maximum atomic E-state index is 11.5. The van der Waals surface area contributed by atoms with E-state index in [1.807, 2.05) is 6.29 Å². The first-order valence-corrected chi connectivity index (χ1v) is 4.99. The van der Waals surface area contributed by atoms with Crippen LogP contribution in [0.2, 0.25) is 0 Å². The Hall–Kier alpha value is -0.860. The Labute approximate surface area is 77.9 Å². The molecule has 0 aromatic rings. The van der Waals surface area contributed by atoms with Crippen LogP contribution in [0.1, 0.15) is 32.1 Å². The molecule has 0 bridgehead atoms. The van der Waals surface area contributed by atoms with Gasteiger partial charge in [-0.3, -0.25) is 9.59 Å². The highest BCUT2D eigenvalue weighted by Gasteiger charge is 2.37. The largest absolute Gasteiger partial charge is 0.346 e. The summed E-state index contributed by atoms with van der Waals surface area (Å²) in [5.41, 5.74) is 0. The van der Waals surface area contributed by atoms with Gasteiger partial charge in [-0.2, -0.15) is 0 Å². The number of amides is 1. The molecule has 1 saturated heterocycles. The molecule has 1 saturated carbocycles. The van der Waals surface area contributed by atoms with Crippen LogP contribution < -0.4 is 5.32 Å². The van der Waals surface area contributed by atoms with Gasteiger partial charge >= 0.3 is 0 Å². The smallest absolute Gasteiger partial charge is 0.223 e. The number of piperidine rings is 1. The molecule has 1 amide bonds. The lowest BCUT2D eigenvalue weighted by Crippen LogP contribution is -2.50. The number of carbonyl (C=O) groups is 1. The van der Waals surface area contributed by atoms with Crippen LogP contribution >= 0.6 is 0 Å². The van der Waals surface area contributed by atoms with Gasteiger partial charge in [0.25, 0.3) is 0 Å². The molecule has 1 heterocycles. The Bertz CT molecular complexity index is 227. The second kappa shape index (κ2) is 3.48. The molecule has 1 aliphatic carbocycles. The Kier molecular flexibility index (Phi) is 2.34. The van der Waals surface area contributed by atoms with Crippen LogP contribution in [0.4, 0.5) is 0 Å². The first-order valence-electron chi connectivity index (χ1n) is 4.99. The molecule has 0 aromatic carbocycles. The van der Waals surface area contributed by atoms with Gasteiger partial charge in [-0.15, -0.1) is 0 Å². The van der Waals surface area contributed by atoms with E-state index in [9.17, 15) is 9.59 Å². The van der Waals surface area contributed by atoms with Crippen molar-refractivity contribution in [1.82, 2.24) is 5.32 Å². The van der Waals surface area contributed by atoms with E-state index in [0.717, 1.165) is 25.7 Å². The standard InChI is InChI=1S/C10H14NO2/c12-6-8-5-7-3-1-2-4-9(7)10(13)11-8/h7-9H,1-5H2,(H,11,13). The van der Waals surface area contributed by atoms with Crippen LogP contribution in [0.15, 0.2) is 0 Å². The molecule has 1 N–H and O–H groups in total. The number of rotatable bonds is 1. The molecule has 1 aliphatic heterocycles. The highest BCUT2D eigenvalue weighted by atomic mass is 16.2. The van der Waals surface area contributed by atoms with E-state index in [-0.39, 0.29) is 17.9 Å². The summed E-state index contributed by atoms with van der Waals surface area (Å²) in [5, 5.41) is 2.70. The highest BCUT2D eigenvalue weighted by molar-refractivity contribution is 5.83. The predicted octanol–water partition coefficient (Wildman–Crippen LogP) is 0.791. The third-order valence-electron chi connectivity index (χ3n) is 3.24. The van der Waals surface area contributed by atoms with Crippen LogP contribution in [-0.4, -0.2) is 18.2 Å². The van der Waals surface area contributed by atoms with Gasteiger partial charge in [-0.05, 0) is 25.2 Å². The fourth-order valence-electron chi connectivity index (χ4n) is 2.55. The van der Waals surface area contributed by atoms with Gasteiger partial charge < -0.3 is 5.32 Å². The minimum atomic E-state index is -0.341. The maximum Gasteiger partial charge on any atom is 0.223 e. The van der Waals surface area contributed by atoms with E-state index in [4.69, 9.17) is 0 Å². The van der Waals surface area contributed by atoms with Crippen molar-refractivity contribution in [2.75, 3.05) is 0 Å². The van der Waals surface area contributed by atoms with E-state index in [1.54, 1.807) is 0 Å². The van der Waals surface area contributed by atoms with Crippen molar-refractivity contribution in [2.45, 2.75) is 38.1 Å². The third-order valence-corrected chi connectivity index (χ3v) is 3.24. The van der Waals surface area contributed by atoms with Gasteiger partial charge in [-0.1, -0.05) is 12.8 Å². The molecule has 2 fully saturated rings. The number of nitrogens with one attached hydrogen (secondary N) is 1. The average Bonchev–Trinajstić information content (AvgIpc) is 2.18. The fraction of sp³-hybridized carbons (Fsp3) is 0.800. The molecule has 3 atom stereocenters. The number of hydrogen-bond acceptors (Lipinski definition) is 2. The topological polar surface area (TPSA) is 46.2 Å². The second-order valence-electron chi connectivity index (χ2n) is 4.07. The fourth-order valence-corrected chi connectivity index (χ4v) is 2.55. The Balaban J connectivity index is 2.07. The molecule has 3 nitrogen and oxygen atoms in total. The van der Waals surface area contributed by atoms with Crippen LogP contribution in [-0.2, 0) is 9.59 Å². The maximum absolute atomic E-state index is 11.5. The summed E-state index contributed by atoms with van der Waals surface area (Å²) in [6.45, 7) is 0. The molecule has 1 radical (unpaired) electrons. The number of fused-ring (bicyclic) bond motifs is 1. The van der Waals surface area contributed by atoms with E-state index in [1.165, 1.54) is 6.42 Å². The van der Waals surface area contributed by atoms with E-state index < -0.39 is 0 Å². The number of carbonyl (C=O) groups excluding carboxylic acids is 2. The van der Waals surface area contributed by atoms with Crippen molar-refractivity contribution >= 4 is 12.2 Å². The zero-order valence-corrected chi connectivity index (χ0v) is 7.58. The van der Waals surface area contributed by atoms with Crippen LogP contribution in [0, 0.1) is 11.8 Å². The van der Waals surface area contributed by atoms with Gasteiger partial charge in [0, 0.05) is 5.92 Å². The predicted molar refractivity (Wildman–Crippen MR) is 47.7 cm³/mol. The minimum Gasteiger partial charge on any atom is -0.346 e. The summed E-state index contributed by atoms with van der Waals surface area (Å²) in [5.74, 6) is 0.691.